The lowest BCUT2D eigenvalue weighted by Gasteiger charge is -2.29. The fraction of sp³-hybridized carbons (Fsp3) is 0.579. The monoisotopic (exact) mass is 347 g/mol. The maximum Gasteiger partial charge on any atom is 0.311 e. The number of fused-ring (bicyclic) bond motifs is 2. The van der Waals surface area contributed by atoms with Crippen LogP contribution in [0.1, 0.15) is 24.8 Å². The van der Waals surface area contributed by atoms with Gasteiger partial charge in [-0.25, -0.2) is 0 Å². The van der Waals surface area contributed by atoms with Crippen LogP contribution in [0.25, 0.3) is 0 Å². The minimum Gasteiger partial charge on any atom is -0.493 e. The van der Waals surface area contributed by atoms with E-state index in [0.717, 1.165) is 24.8 Å². The lowest BCUT2D eigenvalue weighted by Crippen LogP contribution is -2.47. The average molecular weight is 347 g/mol. The van der Waals surface area contributed by atoms with Crippen LogP contribution in [-0.4, -0.2) is 39.2 Å². The molecule has 25 heavy (non-hydrogen) atoms. The lowest BCUT2D eigenvalue weighted by molar-refractivity contribution is -0.148. The van der Waals surface area contributed by atoms with Gasteiger partial charge in [0.25, 0.3) is 0 Å². The Balaban J connectivity index is 1.67. The van der Waals surface area contributed by atoms with Crippen molar-refractivity contribution in [2.75, 3.05) is 21.3 Å². The Morgan fingerprint density at radius 2 is 1.80 bits per heavy atom. The highest BCUT2D eigenvalue weighted by Crippen LogP contribution is 2.48. The summed E-state index contributed by atoms with van der Waals surface area (Å²) in [6, 6.07) is 5.33. The Kier molecular flexibility index (Phi) is 5.16. The Hall–Kier alpha value is -2.24. The van der Waals surface area contributed by atoms with Crippen LogP contribution in [0.3, 0.4) is 0 Å². The summed E-state index contributed by atoms with van der Waals surface area (Å²) in [6.07, 6.45) is 3.36. The molecule has 0 heterocycles. The van der Waals surface area contributed by atoms with Crippen molar-refractivity contribution in [2.24, 2.45) is 17.8 Å². The minimum atomic E-state index is -0.210. The van der Waals surface area contributed by atoms with Gasteiger partial charge in [0.1, 0.15) is 0 Å². The van der Waals surface area contributed by atoms with Gasteiger partial charge in [-0.15, -0.1) is 0 Å². The van der Waals surface area contributed by atoms with E-state index >= 15 is 0 Å². The summed E-state index contributed by atoms with van der Waals surface area (Å²) in [6.45, 7) is 0. The summed E-state index contributed by atoms with van der Waals surface area (Å²) >= 11 is 0. The molecule has 1 N–H and O–H groups in total. The largest absolute Gasteiger partial charge is 0.493 e. The first-order valence-electron chi connectivity index (χ1n) is 8.65. The highest BCUT2D eigenvalue weighted by molar-refractivity contribution is 5.81. The predicted octanol–water partition coefficient (Wildman–Crippen LogP) is 1.95. The van der Waals surface area contributed by atoms with Gasteiger partial charge in [-0.2, -0.15) is 0 Å². The van der Waals surface area contributed by atoms with E-state index in [-0.39, 0.29) is 30.3 Å². The zero-order chi connectivity index (χ0) is 18.0. The van der Waals surface area contributed by atoms with Gasteiger partial charge in [-0.3, -0.25) is 9.59 Å². The SMILES string of the molecule is COC(=O)C1C2CCC(C2)C1NC(=O)Cc1ccc(OC)c(OC)c1. The van der Waals surface area contributed by atoms with Crippen LogP contribution in [0.5, 0.6) is 11.5 Å². The molecule has 6 heteroatoms. The van der Waals surface area contributed by atoms with E-state index in [1.165, 1.54) is 7.11 Å². The normalized spacial score (nSPS) is 27.0. The van der Waals surface area contributed by atoms with Crippen LogP contribution in [0, 0.1) is 17.8 Å². The van der Waals surface area contributed by atoms with E-state index in [1.54, 1.807) is 26.4 Å². The van der Waals surface area contributed by atoms with E-state index in [1.807, 2.05) is 6.07 Å². The van der Waals surface area contributed by atoms with Gasteiger partial charge in [0.15, 0.2) is 11.5 Å². The first-order chi connectivity index (χ1) is 12.1. The van der Waals surface area contributed by atoms with Crippen molar-refractivity contribution >= 4 is 11.9 Å². The number of ether oxygens (including phenoxy) is 3. The molecule has 2 bridgehead atoms. The fourth-order valence-electron chi connectivity index (χ4n) is 4.39. The number of hydrogen-bond donors (Lipinski definition) is 1. The van der Waals surface area contributed by atoms with Crippen molar-refractivity contribution in [3.63, 3.8) is 0 Å². The zero-order valence-corrected chi connectivity index (χ0v) is 14.9. The quantitative estimate of drug-likeness (QED) is 0.796. The van der Waals surface area contributed by atoms with Crippen molar-refractivity contribution < 1.29 is 23.8 Å². The van der Waals surface area contributed by atoms with E-state index < -0.39 is 0 Å². The van der Waals surface area contributed by atoms with Crippen molar-refractivity contribution in [2.45, 2.75) is 31.7 Å². The number of benzene rings is 1. The number of carbonyl (C=O) groups excluding carboxylic acids is 2. The number of hydrogen-bond acceptors (Lipinski definition) is 5. The smallest absolute Gasteiger partial charge is 0.311 e. The third kappa shape index (κ3) is 3.43. The van der Waals surface area contributed by atoms with Gasteiger partial charge >= 0.3 is 5.97 Å². The number of amides is 1. The molecule has 0 saturated heterocycles. The topological polar surface area (TPSA) is 73.9 Å². The van der Waals surface area contributed by atoms with Crippen molar-refractivity contribution in [3.05, 3.63) is 23.8 Å². The van der Waals surface area contributed by atoms with Gasteiger partial charge in [0.05, 0.1) is 33.7 Å². The van der Waals surface area contributed by atoms with E-state index in [9.17, 15) is 9.59 Å². The van der Waals surface area contributed by atoms with Gasteiger partial charge in [0, 0.05) is 6.04 Å². The van der Waals surface area contributed by atoms with Crippen LogP contribution in [0.2, 0.25) is 0 Å². The Morgan fingerprint density at radius 1 is 1.08 bits per heavy atom. The van der Waals surface area contributed by atoms with E-state index in [4.69, 9.17) is 14.2 Å². The molecule has 6 nitrogen and oxygen atoms in total. The molecule has 0 aromatic heterocycles. The highest BCUT2D eigenvalue weighted by atomic mass is 16.5. The molecule has 0 aliphatic heterocycles. The minimum absolute atomic E-state index is 0.0846. The van der Waals surface area contributed by atoms with E-state index in [2.05, 4.69) is 5.32 Å². The average Bonchev–Trinajstić information content (AvgIpc) is 3.22. The summed E-state index contributed by atoms with van der Waals surface area (Å²) in [7, 11) is 4.56. The number of carbonyl (C=O) groups is 2. The molecule has 1 aromatic carbocycles. The fourth-order valence-corrected chi connectivity index (χ4v) is 4.39. The molecule has 3 rings (SSSR count). The van der Waals surface area contributed by atoms with E-state index in [0.29, 0.717) is 23.3 Å². The zero-order valence-electron chi connectivity index (χ0n) is 14.9. The standard InChI is InChI=1S/C19H25NO5/c1-23-14-7-4-11(8-15(14)24-2)9-16(21)20-18-13-6-5-12(10-13)17(18)19(22)25-3/h4,7-8,12-13,17-18H,5-6,9-10H2,1-3H3,(H,20,21). The summed E-state index contributed by atoms with van der Waals surface area (Å²) < 4.78 is 15.4. The Bertz CT molecular complexity index is 659. The molecule has 2 saturated carbocycles. The molecule has 0 radical (unpaired) electrons. The highest BCUT2D eigenvalue weighted by Gasteiger charge is 2.51. The second-order valence-corrected chi connectivity index (χ2v) is 6.84. The van der Waals surface area contributed by atoms with Crippen LogP contribution >= 0.6 is 0 Å². The van der Waals surface area contributed by atoms with Gasteiger partial charge in [-0.1, -0.05) is 6.07 Å². The van der Waals surface area contributed by atoms with Crippen LogP contribution < -0.4 is 14.8 Å². The van der Waals surface area contributed by atoms with Crippen molar-refractivity contribution in [3.8, 4) is 11.5 Å². The first kappa shape index (κ1) is 17.6. The molecular formula is C19H25NO5. The molecule has 1 aromatic rings. The van der Waals surface area contributed by atoms with Gasteiger partial charge < -0.3 is 19.5 Å². The molecule has 4 unspecified atom stereocenters. The summed E-state index contributed by atoms with van der Waals surface area (Å²) in [5.41, 5.74) is 0.841. The number of nitrogens with one attached hydrogen (secondary N) is 1. The number of methoxy groups -OCH3 is 3. The molecule has 2 aliphatic rings. The lowest BCUT2D eigenvalue weighted by atomic mass is 9.84. The van der Waals surface area contributed by atoms with Crippen LogP contribution in [0.15, 0.2) is 18.2 Å². The molecule has 2 aliphatic carbocycles. The maximum atomic E-state index is 12.5. The second-order valence-electron chi connectivity index (χ2n) is 6.84. The van der Waals surface area contributed by atoms with Gasteiger partial charge in [0.2, 0.25) is 5.91 Å². The summed E-state index contributed by atoms with van der Waals surface area (Å²) in [5, 5.41) is 3.08. The molecule has 4 atom stereocenters. The summed E-state index contributed by atoms with van der Waals surface area (Å²) in [4.78, 5) is 24.6. The predicted molar refractivity (Wildman–Crippen MR) is 91.5 cm³/mol. The van der Waals surface area contributed by atoms with Gasteiger partial charge in [-0.05, 0) is 48.8 Å². The maximum absolute atomic E-state index is 12.5. The van der Waals surface area contributed by atoms with Crippen molar-refractivity contribution in [1.82, 2.24) is 5.32 Å². The van der Waals surface area contributed by atoms with Crippen LogP contribution in [0.4, 0.5) is 0 Å². The second kappa shape index (κ2) is 7.33. The Morgan fingerprint density at radius 3 is 2.48 bits per heavy atom. The third-order valence-electron chi connectivity index (χ3n) is 5.53. The van der Waals surface area contributed by atoms with Crippen molar-refractivity contribution in [1.29, 1.82) is 0 Å². The molecule has 0 spiro atoms. The summed E-state index contributed by atoms with van der Waals surface area (Å²) in [5.74, 6) is 1.44. The van der Waals surface area contributed by atoms with Crippen LogP contribution in [-0.2, 0) is 20.7 Å². The Labute approximate surface area is 147 Å². The number of esters is 1. The third-order valence-corrected chi connectivity index (χ3v) is 5.53. The molecular weight excluding hydrogens is 322 g/mol. The molecule has 2 fully saturated rings. The molecule has 136 valence electrons. The number of rotatable bonds is 6. The molecule has 1 amide bonds. The first-order valence-corrected chi connectivity index (χ1v) is 8.65.